The normalized spacial score (nSPS) is 14.1. The van der Waals surface area contributed by atoms with Gasteiger partial charge in [0.05, 0.1) is 6.04 Å². The van der Waals surface area contributed by atoms with Crippen LogP contribution in [0.25, 0.3) is 0 Å². The molecule has 2 atom stereocenters. The van der Waals surface area contributed by atoms with E-state index in [1.54, 1.807) is 0 Å². The Morgan fingerprint density at radius 2 is 2.11 bits per heavy atom. The highest BCUT2D eigenvalue weighted by molar-refractivity contribution is 5.81. The molecule has 1 amide bonds. The summed E-state index contributed by atoms with van der Waals surface area (Å²) in [5.74, 6) is -1.39. The van der Waals surface area contributed by atoms with E-state index in [0.29, 0.717) is 0 Å². The van der Waals surface area contributed by atoms with E-state index in [-0.39, 0.29) is 23.9 Å². The summed E-state index contributed by atoms with van der Waals surface area (Å²) in [6.07, 6.45) is 0.781. The van der Waals surface area contributed by atoms with Crippen LogP contribution in [0.3, 0.4) is 0 Å². The summed E-state index contributed by atoms with van der Waals surface area (Å²) in [4.78, 5) is 11.7. The van der Waals surface area contributed by atoms with Gasteiger partial charge in [0.1, 0.15) is 11.6 Å². The first kappa shape index (κ1) is 14.6. The first-order valence-electron chi connectivity index (χ1n) is 5.93. The zero-order chi connectivity index (χ0) is 13.7. The second-order valence-corrected chi connectivity index (χ2v) is 4.36. The number of nitrogens with one attached hydrogen (secondary N) is 1. The van der Waals surface area contributed by atoms with Crippen molar-refractivity contribution in [1.82, 2.24) is 5.32 Å². The van der Waals surface area contributed by atoms with Crippen molar-refractivity contribution in [1.29, 1.82) is 0 Å². The smallest absolute Gasteiger partial charge is 0.237 e. The number of hydrogen-bond donors (Lipinski definition) is 2. The largest absolute Gasteiger partial charge is 0.351 e. The van der Waals surface area contributed by atoms with Crippen molar-refractivity contribution >= 4 is 5.91 Å². The number of carbonyl (C=O) groups is 1. The molecule has 0 heterocycles. The first-order chi connectivity index (χ1) is 8.45. The molecule has 0 bridgehead atoms. The predicted octanol–water partition coefficient (Wildman–Crippen LogP) is 1.95. The van der Waals surface area contributed by atoms with Gasteiger partial charge in [-0.05, 0) is 24.1 Å². The maximum Gasteiger partial charge on any atom is 0.237 e. The van der Waals surface area contributed by atoms with Crippen molar-refractivity contribution in [2.75, 3.05) is 0 Å². The summed E-state index contributed by atoms with van der Waals surface area (Å²) in [6, 6.07) is 2.49. The maximum atomic E-state index is 13.3. The van der Waals surface area contributed by atoms with E-state index < -0.39 is 17.7 Å². The maximum absolute atomic E-state index is 13.3. The Balaban J connectivity index is 2.60. The minimum absolute atomic E-state index is 0.0438. The molecule has 18 heavy (non-hydrogen) atoms. The van der Waals surface area contributed by atoms with Crippen molar-refractivity contribution in [2.24, 2.45) is 11.7 Å². The lowest BCUT2D eigenvalue weighted by Gasteiger charge is -2.17. The highest BCUT2D eigenvalue weighted by Gasteiger charge is 2.19. The molecule has 1 aromatic rings. The third kappa shape index (κ3) is 3.77. The topological polar surface area (TPSA) is 55.1 Å². The molecule has 0 aliphatic carbocycles. The molecule has 5 heteroatoms. The van der Waals surface area contributed by atoms with Crippen LogP contribution in [0.15, 0.2) is 18.2 Å². The molecule has 1 unspecified atom stereocenters. The molecule has 100 valence electrons. The third-order valence-corrected chi connectivity index (χ3v) is 3.02. The quantitative estimate of drug-likeness (QED) is 0.846. The molecule has 0 saturated heterocycles. The molecule has 0 radical (unpaired) electrons. The van der Waals surface area contributed by atoms with Crippen LogP contribution in [0.4, 0.5) is 8.78 Å². The van der Waals surface area contributed by atoms with Crippen molar-refractivity contribution in [3.63, 3.8) is 0 Å². The number of amides is 1. The Morgan fingerprint density at radius 1 is 1.44 bits per heavy atom. The Labute approximate surface area is 105 Å². The molecular weight excluding hydrogens is 238 g/mol. The van der Waals surface area contributed by atoms with E-state index in [1.165, 1.54) is 0 Å². The number of carbonyl (C=O) groups excluding carboxylic acids is 1. The summed E-state index contributed by atoms with van der Waals surface area (Å²) in [5.41, 5.74) is 5.83. The van der Waals surface area contributed by atoms with E-state index >= 15 is 0 Å². The predicted molar refractivity (Wildman–Crippen MR) is 65.6 cm³/mol. The Morgan fingerprint density at radius 3 is 2.72 bits per heavy atom. The number of benzene rings is 1. The van der Waals surface area contributed by atoms with E-state index in [9.17, 15) is 13.6 Å². The summed E-state index contributed by atoms with van der Waals surface area (Å²) in [6.45, 7) is 3.74. The highest BCUT2D eigenvalue weighted by atomic mass is 19.1. The Kier molecular flexibility index (Phi) is 5.22. The fraction of sp³-hybridized carbons (Fsp3) is 0.462. The molecule has 0 saturated carbocycles. The van der Waals surface area contributed by atoms with E-state index in [2.05, 4.69) is 5.32 Å². The van der Waals surface area contributed by atoms with Crippen molar-refractivity contribution in [2.45, 2.75) is 32.9 Å². The van der Waals surface area contributed by atoms with Gasteiger partial charge in [-0.3, -0.25) is 4.79 Å². The molecule has 0 spiro atoms. The molecule has 1 aromatic carbocycles. The molecule has 3 nitrogen and oxygen atoms in total. The van der Waals surface area contributed by atoms with Gasteiger partial charge in [-0.1, -0.05) is 20.3 Å². The number of hydrogen-bond acceptors (Lipinski definition) is 2. The van der Waals surface area contributed by atoms with Gasteiger partial charge in [-0.15, -0.1) is 0 Å². The fourth-order valence-electron chi connectivity index (χ4n) is 1.49. The minimum atomic E-state index is -0.633. The zero-order valence-corrected chi connectivity index (χ0v) is 10.5. The molecule has 0 aromatic heterocycles. The lowest BCUT2D eigenvalue weighted by molar-refractivity contribution is -0.123. The van der Waals surface area contributed by atoms with Gasteiger partial charge in [0, 0.05) is 12.1 Å². The van der Waals surface area contributed by atoms with E-state index in [0.717, 1.165) is 24.6 Å². The van der Waals surface area contributed by atoms with Gasteiger partial charge in [-0.2, -0.15) is 0 Å². The van der Waals surface area contributed by atoms with Crippen LogP contribution in [0.2, 0.25) is 0 Å². The summed E-state index contributed by atoms with van der Waals surface area (Å²) >= 11 is 0. The van der Waals surface area contributed by atoms with Gasteiger partial charge >= 0.3 is 0 Å². The third-order valence-electron chi connectivity index (χ3n) is 3.02. The molecular formula is C13H18F2N2O. The average molecular weight is 256 g/mol. The number of halogens is 2. The van der Waals surface area contributed by atoms with Crippen molar-refractivity contribution in [3.8, 4) is 0 Å². The van der Waals surface area contributed by atoms with Crippen LogP contribution < -0.4 is 11.1 Å². The van der Waals surface area contributed by atoms with Crippen LogP contribution >= 0.6 is 0 Å². The Bertz CT molecular complexity index is 423. The van der Waals surface area contributed by atoms with Crippen LogP contribution in [0, 0.1) is 17.6 Å². The molecule has 0 aliphatic rings. The van der Waals surface area contributed by atoms with Gasteiger partial charge in [0.15, 0.2) is 0 Å². The fourth-order valence-corrected chi connectivity index (χ4v) is 1.49. The van der Waals surface area contributed by atoms with Crippen LogP contribution in [0.1, 0.15) is 25.8 Å². The van der Waals surface area contributed by atoms with E-state index in [4.69, 9.17) is 5.73 Å². The standard InChI is InChI=1S/C13H18F2N2O/c1-3-8(2)12(16)13(18)17-7-9-6-10(14)4-5-11(9)15/h4-6,8,12H,3,7,16H2,1-2H3,(H,17,18)/t8?,12-/m0/s1. The summed E-state index contributed by atoms with van der Waals surface area (Å²) in [7, 11) is 0. The van der Waals surface area contributed by atoms with Crippen LogP contribution in [-0.4, -0.2) is 11.9 Å². The monoisotopic (exact) mass is 256 g/mol. The lowest BCUT2D eigenvalue weighted by atomic mass is 9.99. The highest BCUT2D eigenvalue weighted by Crippen LogP contribution is 2.10. The second-order valence-electron chi connectivity index (χ2n) is 4.36. The van der Waals surface area contributed by atoms with Gasteiger partial charge in [0.25, 0.3) is 0 Å². The van der Waals surface area contributed by atoms with Gasteiger partial charge in [0.2, 0.25) is 5.91 Å². The van der Waals surface area contributed by atoms with Crippen molar-refractivity contribution < 1.29 is 13.6 Å². The molecule has 0 fully saturated rings. The molecule has 0 aliphatic heterocycles. The summed E-state index contributed by atoms with van der Waals surface area (Å²) in [5, 5.41) is 2.51. The summed E-state index contributed by atoms with van der Waals surface area (Å²) < 4.78 is 26.2. The van der Waals surface area contributed by atoms with Crippen molar-refractivity contribution in [3.05, 3.63) is 35.4 Å². The van der Waals surface area contributed by atoms with Gasteiger partial charge < -0.3 is 11.1 Å². The first-order valence-corrected chi connectivity index (χ1v) is 5.93. The number of nitrogens with two attached hydrogens (primary N) is 1. The lowest BCUT2D eigenvalue weighted by Crippen LogP contribution is -2.44. The van der Waals surface area contributed by atoms with Gasteiger partial charge in [-0.25, -0.2) is 8.78 Å². The SMILES string of the molecule is CCC(C)[C@H](N)C(=O)NCc1cc(F)ccc1F. The van der Waals surface area contributed by atoms with Crippen LogP contribution in [-0.2, 0) is 11.3 Å². The number of rotatable bonds is 5. The Hall–Kier alpha value is -1.49. The zero-order valence-electron chi connectivity index (χ0n) is 10.5. The molecule has 3 N–H and O–H groups in total. The molecule has 1 rings (SSSR count). The van der Waals surface area contributed by atoms with Crippen LogP contribution in [0.5, 0.6) is 0 Å². The minimum Gasteiger partial charge on any atom is -0.351 e. The average Bonchev–Trinajstić information content (AvgIpc) is 2.37. The van der Waals surface area contributed by atoms with E-state index in [1.807, 2.05) is 13.8 Å². The second kappa shape index (κ2) is 6.44.